The number of para-hydroxylation sites is 1. The molecule has 1 unspecified atom stereocenters. The molecule has 15 nitrogen and oxygen atoms in total. The number of rotatable bonds is 11. The molecule has 6 amide bonds. The van der Waals surface area contributed by atoms with E-state index >= 15 is 0 Å². The van der Waals surface area contributed by atoms with Crippen LogP contribution in [0.2, 0.25) is 5.02 Å². The first kappa shape index (κ1) is 42.2. The minimum atomic E-state index is -0.631. The molecule has 62 heavy (non-hydrogen) atoms. The van der Waals surface area contributed by atoms with E-state index in [1.807, 2.05) is 29.2 Å². The molecule has 3 fully saturated rings. The van der Waals surface area contributed by atoms with E-state index in [0.717, 1.165) is 61.9 Å². The lowest BCUT2D eigenvalue weighted by Gasteiger charge is -2.35. The molecule has 3 aromatic carbocycles. The highest BCUT2D eigenvalue weighted by atomic mass is 35.5. The van der Waals surface area contributed by atoms with E-state index in [4.69, 9.17) is 17.3 Å². The zero-order valence-electron chi connectivity index (χ0n) is 34.2. The van der Waals surface area contributed by atoms with Crippen LogP contribution in [0.3, 0.4) is 0 Å². The van der Waals surface area contributed by atoms with Gasteiger partial charge in [0.1, 0.15) is 11.1 Å². The highest BCUT2D eigenvalue weighted by Gasteiger charge is 2.39. The van der Waals surface area contributed by atoms with Gasteiger partial charge in [0, 0.05) is 67.9 Å². The van der Waals surface area contributed by atoms with Crippen molar-refractivity contribution in [1.82, 2.24) is 35.7 Å². The van der Waals surface area contributed by atoms with E-state index in [0.29, 0.717) is 78.0 Å². The summed E-state index contributed by atoms with van der Waals surface area (Å²) in [5.74, 6) is 6.01. The van der Waals surface area contributed by atoms with Crippen molar-refractivity contribution in [3.05, 3.63) is 106 Å². The Morgan fingerprint density at radius 1 is 0.903 bits per heavy atom. The molecule has 1 aromatic heterocycles. The molecular formula is C46H49ClN10O5. The van der Waals surface area contributed by atoms with Gasteiger partial charge in [0.25, 0.3) is 11.8 Å². The number of urea groups is 1. The molecule has 0 spiro atoms. The molecule has 0 radical (unpaired) electrons. The highest BCUT2D eigenvalue weighted by Crippen LogP contribution is 2.32. The summed E-state index contributed by atoms with van der Waals surface area (Å²) in [4.78, 5) is 74.3. The van der Waals surface area contributed by atoms with Crippen LogP contribution in [0.15, 0.2) is 72.9 Å². The average Bonchev–Trinajstić information content (AvgIpc) is 3.60. The quantitative estimate of drug-likeness (QED) is 0.0617. The number of nitrogens with one attached hydrogen (secondary N) is 5. The zero-order chi connectivity index (χ0) is 43.2. The SMILES string of the molecule is NC(=O)c1ccccc1Nc1nc(Nc2ccc(C3CCN(C(=O)N[C@H]4CC[C@@H](NCCC#Cc5ccc6c(c5)CN(C5CCC(=O)NC5=O)C6=O)CC4)CC3)cc2)ncc1Cl. The summed E-state index contributed by atoms with van der Waals surface area (Å²) in [7, 11) is 0. The summed E-state index contributed by atoms with van der Waals surface area (Å²) in [5, 5.41) is 15.8. The fourth-order valence-corrected chi connectivity index (χ4v) is 8.83. The van der Waals surface area contributed by atoms with E-state index in [1.165, 1.54) is 11.8 Å². The second-order valence-corrected chi connectivity index (χ2v) is 16.6. The Morgan fingerprint density at radius 3 is 2.42 bits per heavy atom. The standard InChI is InChI=1S/C46H49ClN10O5/c47-37-26-50-45(55-42(37)53-38-7-2-1-6-36(38)41(48)59)51-33-11-9-29(10-12-33)30-20-23-56(24-21-30)46(62)52-34-15-13-32(14-16-34)49-22-4-3-5-28-8-17-35-31(25-28)27-57(44(35)61)39-18-19-40(58)54-43(39)60/h1-2,6-12,17,25-26,30,32,34,39,49H,4,13-16,18-24,27H2,(H2,48,59)(H,52,62)(H,54,58,60)(H2,50,51,53,55)/t32-,34+,39?. The van der Waals surface area contributed by atoms with Crippen molar-refractivity contribution in [2.45, 2.75) is 88.4 Å². The molecule has 1 saturated carbocycles. The van der Waals surface area contributed by atoms with Crippen LogP contribution in [0.5, 0.6) is 0 Å². The molecule has 1 atom stereocenters. The van der Waals surface area contributed by atoms with Crippen molar-refractivity contribution in [3.63, 3.8) is 0 Å². The van der Waals surface area contributed by atoms with Gasteiger partial charge in [0.15, 0.2) is 5.82 Å². The minimum absolute atomic E-state index is 0.0178. The van der Waals surface area contributed by atoms with Gasteiger partial charge in [0.05, 0.1) is 17.4 Å². The molecular weight excluding hydrogens is 808 g/mol. The molecule has 1 aliphatic carbocycles. The van der Waals surface area contributed by atoms with Crippen LogP contribution in [-0.2, 0) is 16.1 Å². The van der Waals surface area contributed by atoms with Crippen molar-refractivity contribution >= 4 is 64.4 Å². The molecule has 2 saturated heterocycles. The number of carbonyl (C=O) groups is 5. The second kappa shape index (κ2) is 19.0. The first-order valence-corrected chi connectivity index (χ1v) is 21.6. The summed E-state index contributed by atoms with van der Waals surface area (Å²) in [6.45, 7) is 2.50. The number of likely N-dealkylation sites (tertiary alicyclic amines) is 1. The Labute approximate surface area is 364 Å². The number of halogens is 1. The number of primary amides is 1. The number of benzene rings is 3. The van der Waals surface area contributed by atoms with E-state index in [2.05, 4.69) is 60.5 Å². The van der Waals surface area contributed by atoms with Gasteiger partial charge in [-0.2, -0.15) is 4.98 Å². The van der Waals surface area contributed by atoms with Crippen LogP contribution in [0, 0.1) is 11.8 Å². The number of nitrogens with zero attached hydrogens (tertiary/aromatic N) is 4. The normalized spacial score (nSPS) is 20.1. The van der Waals surface area contributed by atoms with Crippen molar-refractivity contribution in [2.24, 2.45) is 5.73 Å². The van der Waals surface area contributed by atoms with Crippen molar-refractivity contribution in [3.8, 4) is 11.8 Å². The Balaban J connectivity index is 0.725. The zero-order valence-corrected chi connectivity index (χ0v) is 35.0. The van der Waals surface area contributed by atoms with E-state index in [-0.39, 0.29) is 30.3 Å². The summed E-state index contributed by atoms with van der Waals surface area (Å²) in [5.41, 5.74) is 10.6. The predicted molar refractivity (Wildman–Crippen MR) is 235 cm³/mol. The molecule has 3 aliphatic heterocycles. The molecule has 4 aromatic rings. The summed E-state index contributed by atoms with van der Waals surface area (Å²) >= 11 is 6.36. The lowest BCUT2D eigenvalue weighted by atomic mass is 9.89. The van der Waals surface area contributed by atoms with Gasteiger partial charge in [-0.25, -0.2) is 9.78 Å². The third-order valence-electron chi connectivity index (χ3n) is 12.1. The molecule has 4 aliphatic rings. The van der Waals surface area contributed by atoms with E-state index in [9.17, 15) is 24.0 Å². The fraction of sp³-hybridized carbons (Fsp3) is 0.370. The third kappa shape index (κ3) is 9.99. The van der Waals surface area contributed by atoms with Gasteiger partial charge >= 0.3 is 6.03 Å². The number of carbonyl (C=O) groups excluding carboxylic acids is 5. The van der Waals surface area contributed by atoms with Crippen LogP contribution in [0.1, 0.15) is 101 Å². The lowest BCUT2D eigenvalue weighted by molar-refractivity contribution is -0.136. The Bertz CT molecular complexity index is 2420. The van der Waals surface area contributed by atoms with E-state index < -0.39 is 17.9 Å². The van der Waals surface area contributed by atoms with E-state index in [1.54, 1.807) is 35.2 Å². The molecule has 7 N–H and O–H groups in total. The number of anilines is 4. The van der Waals surface area contributed by atoms with Gasteiger partial charge in [-0.1, -0.05) is 47.7 Å². The number of nitrogens with two attached hydrogens (primary N) is 1. The summed E-state index contributed by atoms with van der Waals surface area (Å²) in [6, 6.07) is 20.5. The van der Waals surface area contributed by atoms with Crippen molar-refractivity contribution < 1.29 is 24.0 Å². The number of hydrogen-bond acceptors (Lipinski definition) is 10. The van der Waals surface area contributed by atoms with Gasteiger partial charge in [-0.05, 0) is 104 Å². The third-order valence-corrected chi connectivity index (χ3v) is 12.4. The van der Waals surface area contributed by atoms with Gasteiger partial charge < -0.3 is 36.8 Å². The number of aromatic nitrogens is 2. The fourth-order valence-electron chi connectivity index (χ4n) is 8.70. The lowest BCUT2D eigenvalue weighted by Crippen LogP contribution is -2.52. The summed E-state index contributed by atoms with van der Waals surface area (Å²) in [6.07, 6.45) is 8.34. The maximum absolute atomic E-state index is 13.2. The maximum atomic E-state index is 13.2. The smallest absolute Gasteiger partial charge is 0.317 e. The van der Waals surface area contributed by atoms with Gasteiger partial charge in [-0.15, -0.1) is 0 Å². The number of hydrogen-bond donors (Lipinski definition) is 6. The predicted octanol–water partition coefficient (Wildman–Crippen LogP) is 5.71. The average molecular weight is 857 g/mol. The largest absolute Gasteiger partial charge is 0.366 e. The van der Waals surface area contributed by atoms with Crippen LogP contribution in [0.25, 0.3) is 0 Å². The Morgan fingerprint density at radius 2 is 1.66 bits per heavy atom. The van der Waals surface area contributed by atoms with Crippen LogP contribution in [0.4, 0.5) is 27.9 Å². The molecule has 320 valence electrons. The van der Waals surface area contributed by atoms with Crippen LogP contribution >= 0.6 is 11.6 Å². The summed E-state index contributed by atoms with van der Waals surface area (Å²) < 4.78 is 0. The molecule has 0 bridgehead atoms. The highest BCUT2D eigenvalue weighted by molar-refractivity contribution is 6.33. The minimum Gasteiger partial charge on any atom is -0.366 e. The number of imide groups is 1. The Kier molecular flexibility index (Phi) is 13.0. The molecule has 4 heterocycles. The Hall–Kier alpha value is -6.50. The first-order valence-electron chi connectivity index (χ1n) is 21.2. The first-order chi connectivity index (χ1) is 30.1. The topological polar surface area (TPSA) is 204 Å². The second-order valence-electron chi connectivity index (χ2n) is 16.2. The number of fused-ring (bicyclic) bond motifs is 1. The van der Waals surface area contributed by atoms with Gasteiger partial charge in [-0.3, -0.25) is 24.5 Å². The number of amides is 6. The molecule has 16 heteroatoms. The number of piperidine rings is 2. The maximum Gasteiger partial charge on any atom is 0.317 e. The van der Waals surface area contributed by atoms with Crippen molar-refractivity contribution in [1.29, 1.82) is 0 Å². The molecule has 8 rings (SSSR count). The monoisotopic (exact) mass is 856 g/mol. The van der Waals surface area contributed by atoms with Crippen molar-refractivity contribution in [2.75, 3.05) is 30.3 Å². The van der Waals surface area contributed by atoms with Crippen LogP contribution in [-0.4, -0.2) is 87.2 Å². The van der Waals surface area contributed by atoms with Gasteiger partial charge in [0.2, 0.25) is 17.8 Å². The van der Waals surface area contributed by atoms with Crippen LogP contribution < -0.4 is 32.3 Å².